The van der Waals surface area contributed by atoms with Gasteiger partial charge in [0.2, 0.25) is 0 Å². The minimum absolute atomic E-state index is 0.0264. The summed E-state index contributed by atoms with van der Waals surface area (Å²) < 4.78 is 32.9. The van der Waals surface area contributed by atoms with E-state index >= 15 is 0 Å². The number of amides is 1. The Kier molecular flexibility index (Phi) is 6.95. The second kappa shape index (κ2) is 9.82. The molecule has 0 saturated heterocycles. The van der Waals surface area contributed by atoms with Gasteiger partial charge in [-0.15, -0.1) is 0 Å². The summed E-state index contributed by atoms with van der Waals surface area (Å²) in [5.41, 5.74) is 2.38. The number of carbonyl (C=O) groups excluding carboxylic acids is 1. The fourth-order valence-corrected chi connectivity index (χ4v) is 2.94. The lowest BCUT2D eigenvalue weighted by Crippen LogP contribution is -2.34. The zero-order chi connectivity index (χ0) is 20.6. The maximum atomic E-state index is 14.2. The van der Waals surface area contributed by atoms with Crippen molar-refractivity contribution in [1.82, 2.24) is 4.90 Å². The Labute approximate surface area is 169 Å². The van der Waals surface area contributed by atoms with Crippen molar-refractivity contribution in [3.05, 3.63) is 101 Å². The standard InChI is InChI=1S/C24H23F2NO2/c1-2-18-8-10-19(11-9-18)15-27(16-20-12-13-21(25)14-23(20)26)24(28)17-29-22-6-4-3-5-7-22/h3-14H,2,15-17H2,1H3. The molecule has 5 heteroatoms. The predicted octanol–water partition coefficient (Wildman–Crippen LogP) is 5.14. The summed E-state index contributed by atoms with van der Waals surface area (Å²) in [5, 5.41) is 0. The van der Waals surface area contributed by atoms with Crippen molar-refractivity contribution in [3.63, 3.8) is 0 Å². The number of ether oxygens (including phenoxy) is 1. The summed E-state index contributed by atoms with van der Waals surface area (Å²) in [6, 6.07) is 20.3. The summed E-state index contributed by atoms with van der Waals surface area (Å²) >= 11 is 0. The molecule has 150 valence electrons. The van der Waals surface area contributed by atoms with Gasteiger partial charge in [0.15, 0.2) is 6.61 Å². The van der Waals surface area contributed by atoms with Crippen LogP contribution in [0.3, 0.4) is 0 Å². The molecule has 1 amide bonds. The number of hydrogen-bond donors (Lipinski definition) is 0. The molecule has 0 heterocycles. The Morgan fingerprint density at radius 3 is 2.24 bits per heavy atom. The second-order valence-corrected chi connectivity index (χ2v) is 6.76. The van der Waals surface area contributed by atoms with E-state index < -0.39 is 11.6 Å². The van der Waals surface area contributed by atoms with E-state index in [2.05, 4.69) is 6.92 Å². The van der Waals surface area contributed by atoms with E-state index in [1.165, 1.54) is 22.6 Å². The van der Waals surface area contributed by atoms with Gasteiger partial charge >= 0.3 is 0 Å². The molecular formula is C24H23F2NO2. The Morgan fingerprint density at radius 2 is 1.59 bits per heavy atom. The minimum atomic E-state index is -0.673. The van der Waals surface area contributed by atoms with Crippen LogP contribution in [0.5, 0.6) is 5.75 Å². The molecule has 0 fully saturated rings. The van der Waals surface area contributed by atoms with E-state index in [9.17, 15) is 13.6 Å². The number of carbonyl (C=O) groups is 1. The third-order valence-corrected chi connectivity index (χ3v) is 4.64. The lowest BCUT2D eigenvalue weighted by atomic mass is 10.1. The monoisotopic (exact) mass is 395 g/mol. The van der Waals surface area contributed by atoms with Gasteiger partial charge in [0.1, 0.15) is 17.4 Å². The maximum Gasteiger partial charge on any atom is 0.261 e. The molecule has 0 aromatic heterocycles. The van der Waals surface area contributed by atoms with E-state index in [1.54, 1.807) is 12.1 Å². The molecule has 0 saturated carbocycles. The zero-order valence-electron chi connectivity index (χ0n) is 16.3. The van der Waals surface area contributed by atoms with Gasteiger partial charge in [0.05, 0.1) is 0 Å². The number of benzene rings is 3. The molecule has 0 aliphatic carbocycles. The van der Waals surface area contributed by atoms with Crippen LogP contribution >= 0.6 is 0 Å². The minimum Gasteiger partial charge on any atom is -0.484 e. The Bertz CT molecular complexity index is 943. The quantitative estimate of drug-likeness (QED) is 0.529. The van der Waals surface area contributed by atoms with Crippen LogP contribution in [0.15, 0.2) is 72.8 Å². The highest BCUT2D eigenvalue weighted by Gasteiger charge is 2.18. The predicted molar refractivity (Wildman–Crippen MR) is 108 cm³/mol. The van der Waals surface area contributed by atoms with Gasteiger partial charge in [-0.2, -0.15) is 0 Å². The van der Waals surface area contributed by atoms with E-state index in [1.807, 2.05) is 42.5 Å². The summed E-state index contributed by atoms with van der Waals surface area (Å²) in [6.45, 7) is 2.24. The van der Waals surface area contributed by atoms with E-state index in [4.69, 9.17) is 4.74 Å². The maximum absolute atomic E-state index is 14.2. The highest BCUT2D eigenvalue weighted by molar-refractivity contribution is 5.77. The van der Waals surface area contributed by atoms with Crippen molar-refractivity contribution in [2.24, 2.45) is 0 Å². The van der Waals surface area contributed by atoms with Gasteiger partial charge in [0.25, 0.3) is 5.91 Å². The van der Waals surface area contributed by atoms with Gasteiger partial charge in [-0.1, -0.05) is 55.5 Å². The average molecular weight is 395 g/mol. The summed E-state index contributed by atoms with van der Waals surface area (Å²) in [5.74, 6) is -1.02. The van der Waals surface area contributed by atoms with Crippen molar-refractivity contribution in [3.8, 4) is 5.75 Å². The molecule has 0 aliphatic rings. The molecule has 3 aromatic rings. The first-order valence-electron chi connectivity index (χ1n) is 9.52. The Hall–Kier alpha value is -3.21. The molecule has 0 aliphatic heterocycles. The number of halogens is 2. The van der Waals surface area contributed by atoms with Gasteiger partial charge in [-0.3, -0.25) is 4.79 Å². The molecule has 0 atom stereocenters. The Morgan fingerprint density at radius 1 is 0.897 bits per heavy atom. The fourth-order valence-electron chi connectivity index (χ4n) is 2.94. The first-order valence-corrected chi connectivity index (χ1v) is 9.52. The van der Waals surface area contributed by atoms with Gasteiger partial charge in [-0.25, -0.2) is 8.78 Å². The highest BCUT2D eigenvalue weighted by atomic mass is 19.1. The molecule has 3 nitrogen and oxygen atoms in total. The van der Waals surface area contributed by atoms with Crippen molar-refractivity contribution >= 4 is 5.91 Å². The van der Waals surface area contributed by atoms with Crippen LogP contribution < -0.4 is 4.74 Å². The number of aryl methyl sites for hydroxylation is 1. The molecule has 29 heavy (non-hydrogen) atoms. The summed E-state index contributed by atoms with van der Waals surface area (Å²) in [4.78, 5) is 14.3. The Balaban J connectivity index is 1.76. The van der Waals surface area contributed by atoms with E-state index in [0.717, 1.165) is 18.1 Å². The van der Waals surface area contributed by atoms with Crippen LogP contribution in [0.25, 0.3) is 0 Å². The third kappa shape index (κ3) is 5.88. The van der Waals surface area contributed by atoms with Crippen molar-refractivity contribution in [1.29, 1.82) is 0 Å². The number of hydrogen-bond acceptors (Lipinski definition) is 2. The molecule has 0 bridgehead atoms. The molecular weight excluding hydrogens is 372 g/mol. The van der Waals surface area contributed by atoms with Crippen LogP contribution in [-0.2, 0) is 24.3 Å². The third-order valence-electron chi connectivity index (χ3n) is 4.64. The summed E-state index contributed by atoms with van der Waals surface area (Å²) in [7, 11) is 0. The average Bonchev–Trinajstić information content (AvgIpc) is 2.74. The molecule has 0 unspecified atom stereocenters. The van der Waals surface area contributed by atoms with E-state index in [0.29, 0.717) is 12.3 Å². The van der Waals surface area contributed by atoms with Gasteiger partial charge in [0, 0.05) is 24.7 Å². The SMILES string of the molecule is CCc1ccc(CN(Cc2ccc(F)cc2F)C(=O)COc2ccccc2)cc1. The van der Waals surface area contributed by atoms with Crippen molar-refractivity contribution in [2.75, 3.05) is 6.61 Å². The first kappa shape index (κ1) is 20.5. The topological polar surface area (TPSA) is 29.5 Å². The van der Waals surface area contributed by atoms with Crippen LogP contribution in [-0.4, -0.2) is 17.4 Å². The van der Waals surface area contributed by atoms with Crippen molar-refractivity contribution in [2.45, 2.75) is 26.4 Å². The lowest BCUT2D eigenvalue weighted by Gasteiger charge is -2.23. The molecule has 0 N–H and O–H groups in total. The number of para-hydroxylation sites is 1. The van der Waals surface area contributed by atoms with Crippen LogP contribution in [0, 0.1) is 11.6 Å². The molecule has 0 radical (unpaired) electrons. The molecule has 0 spiro atoms. The first-order chi connectivity index (χ1) is 14.0. The number of nitrogens with zero attached hydrogens (tertiary/aromatic N) is 1. The fraction of sp³-hybridized carbons (Fsp3) is 0.208. The number of rotatable bonds is 8. The van der Waals surface area contributed by atoms with Crippen LogP contribution in [0.4, 0.5) is 8.78 Å². The largest absolute Gasteiger partial charge is 0.484 e. The van der Waals surface area contributed by atoms with Crippen LogP contribution in [0.2, 0.25) is 0 Å². The normalized spacial score (nSPS) is 10.6. The van der Waals surface area contributed by atoms with Crippen LogP contribution in [0.1, 0.15) is 23.6 Å². The molecule has 3 rings (SSSR count). The van der Waals surface area contributed by atoms with Gasteiger partial charge < -0.3 is 9.64 Å². The summed E-state index contributed by atoms with van der Waals surface area (Å²) in [6.07, 6.45) is 0.925. The van der Waals surface area contributed by atoms with E-state index in [-0.39, 0.29) is 24.6 Å². The zero-order valence-corrected chi connectivity index (χ0v) is 16.3. The lowest BCUT2D eigenvalue weighted by molar-refractivity contribution is -0.134. The van der Waals surface area contributed by atoms with Crippen molar-refractivity contribution < 1.29 is 18.3 Å². The highest BCUT2D eigenvalue weighted by Crippen LogP contribution is 2.16. The second-order valence-electron chi connectivity index (χ2n) is 6.76. The smallest absolute Gasteiger partial charge is 0.261 e. The van der Waals surface area contributed by atoms with Gasteiger partial charge in [-0.05, 0) is 35.7 Å². The molecule has 3 aromatic carbocycles.